The highest BCUT2D eigenvalue weighted by Gasteiger charge is 2.04. The van der Waals surface area contributed by atoms with Crippen molar-refractivity contribution in [1.82, 2.24) is 4.98 Å². The fraction of sp³-hybridized carbons (Fsp3) is 0.312. The van der Waals surface area contributed by atoms with Crippen LogP contribution < -0.4 is 5.73 Å². The first-order valence-corrected chi connectivity index (χ1v) is 7.44. The number of hydrogen-bond acceptors (Lipinski definition) is 3. The summed E-state index contributed by atoms with van der Waals surface area (Å²) in [6, 6.07) is 12.8. The Morgan fingerprint density at radius 2 is 2.00 bits per heavy atom. The Labute approximate surface area is 119 Å². The molecule has 1 heterocycles. The standard InChI is InChI=1S/C16H20N2S/c1-3-14(17)10-13-8-9-16(18-11-13)19-15-7-5-4-6-12(15)2/h4-9,11,14H,3,10,17H2,1-2H3. The van der Waals surface area contributed by atoms with Crippen LogP contribution in [0.2, 0.25) is 0 Å². The Morgan fingerprint density at radius 3 is 2.63 bits per heavy atom. The molecule has 0 spiro atoms. The van der Waals surface area contributed by atoms with E-state index >= 15 is 0 Å². The van der Waals surface area contributed by atoms with Crippen molar-refractivity contribution in [3.8, 4) is 0 Å². The minimum atomic E-state index is 0.233. The summed E-state index contributed by atoms with van der Waals surface area (Å²) in [5.41, 5.74) is 8.45. The van der Waals surface area contributed by atoms with Gasteiger partial charge in [0, 0.05) is 17.1 Å². The highest BCUT2D eigenvalue weighted by Crippen LogP contribution is 2.28. The third-order valence-corrected chi connectivity index (χ3v) is 4.26. The molecule has 1 unspecified atom stereocenters. The molecule has 0 aliphatic carbocycles. The monoisotopic (exact) mass is 272 g/mol. The molecule has 2 aromatic rings. The van der Waals surface area contributed by atoms with Crippen molar-refractivity contribution in [3.63, 3.8) is 0 Å². The summed E-state index contributed by atoms with van der Waals surface area (Å²) < 4.78 is 0. The van der Waals surface area contributed by atoms with Crippen LogP contribution >= 0.6 is 11.8 Å². The summed E-state index contributed by atoms with van der Waals surface area (Å²) in [6.07, 6.45) is 3.84. The molecule has 0 bridgehead atoms. The lowest BCUT2D eigenvalue weighted by molar-refractivity contribution is 0.644. The molecule has 2 rings (SSSR count). The second-order valence-electron chi connectivity index (χ2n) is 4.74. The molecule has 0 aliphatic heterocycles. The zero-order chi connectivity index (χ0) is 13.7. The Kier molecular flexibility index (Phi) is 5.00. The molecule has 19 heavy (non-hydrogen) atoms. The molecule has 0 fully saturated rings. The third-order valence-electron chi connectivity index (χ3n) is 3.13. The van der Waals surface area contributed by atoms with Crippen molar-refractivity contribution in [2.24, 2.45) is 5.73 Å². The van der Waals surface area contributed by atoms with Crippen LogP contribution in [-0.2, 0) is 6.42 Å². The van der Waals surface area contributed by atoms with Gasteiger partial charge in [-0.1, -0.05) is 43.0 Å². The highest BCUT2D eigenvalue weighted by molar-refractivity contribution is 7.99. The molecule has 0 aliphatic rings. The summed E-state index contributed by atoms with van der Waals surface area (Å²) in [5, 5.41) is 1.03. The topological polar surface area (TPSA) is 38.9 Å². The van der Waals surface area contributed by atoms with Crippen LogP contribution in [0.1, 0.15) is 24.5 Å². The number of aromatic nitrogens is 1. The van der Waals surface area contributed by atoms with Gasteiger partial charge in [0.2, 0.25) is 0 Å². The first kappa shape index (κ1) is 14.1. The van der Waals surface area contributed by atoms with Gasteiger partial charge in [-0.3, -0.25) is 0 Å². The van der Waals surface area contributed by atoms with Gasteiger partial charge in [-0.25, -0.2) is 4.98 Å². The predicted octanol–water partition coefficient (Wildman–Crippen LogP) is 3.82. The van der Waals surface area contributed by atoms with Crippen LogP contribution in [0.15, 0.2) is 52.5 Å². The van der Waals surface area contributed by atoms with E-state index in [2.05, 4.69) is 55.2 Å². The zero-order valence-electron chi connectivity index (χ0n) is 11.5. The molecule has 3 heteroatoms. The molecule has 1 aromatic heterocycles. The fourth-order valence-corrected chi connectivity index (χ4v) is 2.67. The van der Waals surface area contributed by atoms with Gasteiger partial charge in [-0.15, -0.1) is 0 Å². The van der Waals surface area contributed by atoms with Crippen LogP contribution in [0.5, 0.6) is 0 Å². The molecule has 0 saturated heterocycles. The lowest BCUT2D eigenvalue weighted by atomic mass is 10.1. The molecule has 100 valence electrons. The minimum absolute atomic E-state index is 0.233. The maximum atomic E-state index is 5.95. The van der Waals surface area contributed by atoms with Crippen LogP contribution in [0, 0.1) is 6.92 Å². The lowest BCUT2D eigenvalue weighted by Gasteiger charge is -2.09. The van der Waals surface area contributed by atoms with Crippen molar-refractivity contribution in [1.29, 1.82) is 0 Å². The van der Waals surface area contributed by atoms with Crippen molar-refractivity contribution >= 4 is 11.8 Å². The van der Waals surface area contributed by atoms with Gasteiger partial charge >= 0.3 is 0 Å². The maximum absolute atomic E-state index is 5.95. The van der Waals surface area contributed by atoms with E-state index in [9.17, 15) is 0 Å². The highest BCUT2D eigenvalue weighted by atomic mass is 32.2. The normalized spacial score (nSPS) is 12.4. The van der Waals surface area contributed by atoms with Gasteiger partial charge in [-0.05, 0) is 43.0 Å². The van der Waals surface area contributed by atoms with Gasteiger partial charge in [0.05, 0.1) is 0 Å². The number of benzene rings is 1. The Balaban J connectivity index is 2.05. The summed E-state index contributed by atoms with van der Waals surface area (Å²) in [7, 11) is 0. The van der Waals surface area contributed by atoms with Gasteiger partial charge in [0.1, 0.15) is 5.03 Å². The number of aryl methyl sites for hydroxylation is 1. The number of hydrogen-bond donors (Lipinski definition) is 1. The van der Waals surface area contributed by atoms with Crippen molar-refractivity contribution in [2.75, 3.05) is 0 Å². The largest absolute Gasteiger partial charge is 0.327 e. The smallest absolute Gasteiger partial charge is 0.101 e. The van der Waals surface area contributed by atoms with Crippen molar-refractivity contribution in [2.45, 2.75) is 42.7 Å². The molecule has 2 nitrogen and oxygen atoms in total. The lowest BCUT2D eigenvalue weighted by Crippen LogP contribution is -2.21. The van der Waals surface area contributed by atoms with Crippen LogP contribution in [-0.4, -0.2) is 11.0 Å². The summed E-state index contributed by atoms with van der Waals surface area (Å²) in [6.45, 7) is 4.23. The molecule has 1 atom stereocenters. The van der Waals surface area contributed by atoms with E-state index in [-0.39, 0.29) is 6.04 Å². The van der Waals surface area contributed by atoms with Gasteiger partial charge < -0.3 is 5.73 Å². The third kappa shape index (κ3) is 4.08. The maximum Gasteiger partial charge on any atom is 0.101 e. The first-order valence-electron chi connectivity index (χ1n) is 6.63. The number of nitrogens with zero attached hydrogens (tertiary/aromatic N) is 1. The zero-order valence-corrected chi connectivity index (χ0v) is 12.3. The molecule has 0 radical (unpaired) electrons. The van der Waals surface area contributed by atoms with E-state index in [4.69, 9.17) is 5.73 Å². The SMILES string of the molecule is CCC(N)Cc1ccc(Sc2ccccc2C)nc1. The Hall–Kier alpha value is -1.32. The van der Waals surface area contributed by atoms with E-state index < -0.39 is 0 Å². The van der Waals surface area contributed by atoms with E-state index in [1.54, 1.807) is 11.8 Å². The van der Waals surface area contributed by atoms with E-state index in [1.807, 2.05) is 6.20 Å². The quantitative estimate of drug-likeness (QED) is 0.899. The average molecular weight is 272 g/mol. The first-order chi connectivity index (χ1) is 9.19. The van der Waals surface area contributed by atoms with E-state index in [0.717, 1.165) is 17.9 Å². The summed E-state index contributed by atoms with van der Waals surface area (Å²) in [5.74, 6) is 0. The van der Waals surface area contributed by atoms with Gasteiger partial charge in [-0.2, -0.15) is 0 Å². The Bertz CT molecular complexity index is 523. The van der Waals surface area contributed by atoms with Crippen LogP contribution in [0.25, 0.3) is 0 Å². The van der Waals surface area contributed by atoms with E-state index in [1.165, 1.54) is 16.0 Å². The Morgan fingerprint density at radius 1 is 1.21 bits per heavy atom. The van der Waals surface area contributed by atoms with E-state index in [0.29, 0.717) is 0 Å². The van der Waals surface area contributed by atoms with Gasteiger partial charge in [0.15, 0.2) is 0 Å². The second kappa shape index (κ2) is 6.73. The summed E-state index contributed by atoms with van der Waals surface area (Å²) in [4.78, 5) is 5.77. The molecule has 1 aromatic carbocycles. The predicted molar refractivity (Wildman–Crippen MR) is 81.5 cm³/mol. The van der Waals surface area contributed by atoms with Crippen molar-refractivity contribution in [3.05, 3.63) is 53.7 Å². The molecule has 2 N–H and O–H groups in total. The number of pyridine rings is 1. The molecular weight excluding hydrogens is 252 g/mol. The minimum Gasteiger partial charge on any atom is -0.327 e. The molecule has 0 amide bonds. The second-order valence-corrected chi connectivity index (χ2v) is 5.81. The van der Waals surface area contributed by atoms with Crippen LogP contribution in [0.3, 0.4) is 0 Å². The molecular formula is C16H20N2S. The van der Waals surface area contributed by atoms with Gasteiger partial charge in [0.25, 0.3) is 0 Å². The summed E-state index contributed by atoms with van der Waals surface area (Å²) >= 11 is 1.71. The van der Waals surface area contributed by atoms with Crippen LogP contribution in [0.4, 0.5) is 0 Å². The van der Waals surface area contributed by atoms with Crippen molar-refractivity contribution < 1.29 is 0 Å². The fourth-order valence-electron chi connectivity index (χ4n) is 1.82. The average Bonchev–Trinajstić information content (AvgIpc) is 2.43. The number of nitrogens with two attached hydrogens (primary N) is 1. The molecule has 0 saturated carbocycles. The number of rotatable bonds is 5.